The zero-order chi connectivity index (χ0) is 28.2. The molecule has 12 heteroatoms. The van der Waals surface area contributed by atoms with Crippen molar-refractivity contribution in [2.24, 2.45) is 22.7 Å². The van der Waals surface area contributed by atoms with E-state index in [0.29, 0.717) is 17.6 Å². The fourth-order valence-electron chi connectivity index (χ4n) is 5.64. The van der Waals surface area contributed by atoms with Gasteiger partial charge >= 0.3 is 0 Å². The molecule has 204 valence electrons. The molecule has 2 aliphatic rings. The van der Waals surface area contributed by atoms with E-state index < -0.39 is 45.4 Å². The number of hydrogen-bond acceptors (Lipinski definition) is 7. The summed E-state index contributed by atoms with van der Waals surface area (Å²) in [7, 11) is -3.70. The normalized spacial score (nSPS) is 23.8. The molecule has 0 spiro atoms. The Morgan fingerprint density at radius 3 is 2.63 bits per heavy atom. The first-order valence-electron chi connectivity index (χ1n) is 12.5. The Hall–Kier alpha value is -3.30. The lowest BCUT2D eigenvalue weighted by Crippen LogP contribution is -2.59. The second-order valence-electron chi connectivity index (χ2n) is 12.1. The van der Waals surface area contributed by atoms with Crippen LogP contribution in [-0.2, 0) is 26.0 Å². The molecule has 2 fully saturated rings. The molecule has 5 atom stereocenters. The van der Waals surface area contributed by atoms with Crippen molar-refractivity contribution in [3.05, 3.63) is 40.4 Å². The molecule has 3 N–H and O–H groups in total. The Morgan fingerprint density at radius 2 is 2.03 bits per heavy atom. The summed E-state index contributed by atoms with van der Waals surface area (Å²) in [6.45, 7) is 9.66. The summed E-state index contributed by atoms with van der Waals surface area (Å²) < 4.78 is 26.5. The van der Waals surface area contributed by atoms with E-state index in [9.17, 15) is 28.1 Å². The SMILES string of the molecule is CC(C)(C)[C@H](NS(C)(=O)=O)C(=O)N1C[C@H]2[C@H]([C@H]1C(=O)NC(C#N)Cc1cc3ccncc3[nH]c1=O)C2(C)C. The van der Waals surface area contributed by atoms with Crippen molar-refractivity contribution in [2.45, 2.75) is 59.2 Å². The number of carbonyl (C=O) groups is 2. The summed E-state index contributed by atoms with van der Waals surface area (Å²) >= 11 is 0. The third-order valence-corrected chi connectivity index (χ3v) is 8.49. The van der Waals surface area contributed by atoms with Gasteiger partial charge < -0.3 is 15.2 Å². The number of hydrogen-bond donors (Lipinski definition) is 3. The number of likely N-dealkylation sites (tertiary alicyclic amines) is 1. The number of aromatic amines is 1. The molecule has 0 aromatic carbocycles. The maximum atomic E-state index is 13.7. The van der Waals surface area contributed by atoms with E-state index in [0.717, 1.165) is 11.6 Å². The van der Waals surface area contributed by atoms with Crippen LogP contribution in [0.1, 0.15) is 40.2 Å². The topological polar surface area (TPSA) is 165 Å². The Bertz CT molecular complexity index is 1490. The Balaban J connectivity index is 1.58. The van der Waals surface area contributed by atoms with Gasteiger partial charge in [0.15, 0.2) is 0 Å². The van der Waals surface area contributed by atoms with Crippen LogP contribution in [0.15, 0.2) is 29.3 Å². The lowest BCUT2D eigenvalue weighted by atomic mass is 9.86. The fourth-order valence-corrected chi connectivity index (χ4v) is 6.52. The molecule has 3 heterocycles. The van der Waals surface area contributed by atoms with Crippen LogP contribution in [0, 0.1) is 34.0 Å². The van der Waals surface area contributed by atoms with Gasteiger partial charge in [-0.15, -0.1) is 0 Å². The van der Waals surface area contributed by atoms with Crippen molar-refractivity contribution in [3.63, 3.8) is 0 Å². The molecule has 0 radical (unpaired) electrons. The summed E-state index contributed by atoms with van der Waals surface area (Å²) in [5.41, 5.74) is -0.389. The Labute approximate surface area is 222 Å². The minimum absolute atomic E-state index is 0.0196. The van der Waals surface area contributed by atoms with Gasteiger partial charge in [0.2, 0.25) is 21.8 Å². The standard InChI is InChI=1S/C26H34N6O5S/c1-25(2,3)21(31-38(6,36)37)24(35)32-13-17-19(26(17,4)5)20(32)23(34)29-16(11-27)10-15-9-14-7-8-28-12-18(14)30-22(15)33/h7-9,12,16-17,19-21,31H,10,13H2,1-6H3,(H,29,34)(H,30,33)/t16?,17-,19+,20-,21+/m0/s1. The van der Waals surface area contributed by atoms with Crippen molar-refractivity contribution in [1.82, 2.24) is 24.9 Å². The first-order valence-corrected chi connectivity index (χ1v) is 14.4. The predicted octanol–water partition coefficient (Wildman–Crippen LogP) is 0.921. The molecular weight excluding hydrogens is 508 g/mol. The minimum atomic E-state index is -3.70. The number of nitrogens with one attached hydrogen (secondary N) is 3. The van der Waals surface area contributed by atoms with Gasteiger partial charge in [-0.2, -0.15) is 5.26 Å². The predicted molar refractivity (Wildman–Crippen MR) is 141 cm³/mol. The highest BCUT2D eigenvalue weighted by atomic mass is 32.2. The number of nitriles is 1. The Morgan fingerprint density at radius 1 is 1.34 bits per heavy atom. The monoisotopic (exact) mass is 542 g/mol. The number of H-pyrrole nitrogens is 1. The van der Waals surface area contributed by atoms with Gasteiger partial charge in [0.05, 0.1) is 24.0 Å². The maximum absolute atomic E-state index is 13.7. The van der Waals surface area contributed by atoms with Crippen LogP contribution in [0.4, 0.5) is 0 Å². The first kappa shape index (κ1) is 27.7. The van der Waals surface area contributed by atoms with Crippen LogP contribution in [0.25, 0.3) is 10.9 Å². The molecule has 0 bridgehead atoms. The van der Waals surface area contributed by atoms with Crippen molar-refractivity contribution in [3.8, 4) is 6.07 Å². The molecule has 1 aliphatic heterocycles. The van der Waals surface area contributed by atoms with E-state index >= 15 is 0 Å². The molecule has 2 aromatic heterocycles. The van der Waals surface area contributed by atoms with Crippen molar-refractivity contribution < 1.29 is 18.0 Å². The third-order valence-electron chi connectivity index (χ3n) is 7.83. The second-order valence-corrected chi connectivity index (χ2v) is 13.8. The van der Waals surface area contributed by atoms with Crippen LogP contribution in [0.3, 0.4) is 0 Å². The Kier molecular flexibility index (Phi) is 6.91. The molecule has 38 heavy (non-hydrogen) atoms. The van der Waals surface area contributed by atoms with Gasteiger partial charge in [0, 0.05) is 30.1 Å². The molecule has 11 nitrogen and oxygen atoms in total. The van der Waals surface area contributed by atoms with Gasteiger partial charge in [-0.05, 0) is 34.8 Å². The highest BCUT2D eigenvalue weighted by Gasteiger charge is 2.69. The van der Waals surface area contributed by atoms with Gasteiger partial charge in [0.25, 0.3) is 5.56 Å². The largest absolute Gasteiger partial charge is 0.338 e. The molecule has 1 unspecified atom stereocenters. The average Bonchev–Trinajstić information content (AvgIpc) is 3.14. The average molecular weight is 543 g/mol. The third kappa shape index (κ3) is 5.31. The highest BCUT2D eigenvalue weighted by molar-refractivity contribution is 7.88. The van der Waals surface area contributed by atoms with Crippen molar-refractivity contribution in [1.29, 1.82) is 5.26 Å². The van der Waals surface area contributed by atoms with Gasteiger partial charge in [-0.25, -0.2) is 13.1 Å². The van der Waals surface area contributed by atoms with E-state index in [-0.39, 0.29) is 29.2 Å². The number of amides is 2. The van der Waals surface area contributed by atoms with E-state index in [2.05, 4.69) is 26.1 Å². The van der Waals surface area contributed by atoms with Crippen LogP contribution >= 0.6 is 0 Å². The molecule has 1 saturated carbocycles. The lowest BCUT2D eigenvalue weighted by Gasteiger charge is -2.37. The molecule has 2 amide bonds. The van der Waals surface area contributed by atoms with E-state index in [1.807, 2.05) is 13.8 Å². The molecule has 2 aromatic rings. The number of sulfonamides is 1. The summed E-state index contributed by atoms with van der Waals surface area (Å²) in [5, 5.41) is 13.3. The van der Waals surface area contributed by atoms with Gasteiger partial charge in [-0.1, -0.05) is 34.6 Å². The van der Waals surface area contributed by atoms with Crippen LogP contribution in [-0.4, -0.2) is 66.0 Å². The van der Waals surface area contributed by atoms with Crippen LogP contribution in [0.5, 0.6) is 0 Å². The molecule has 1 aliphatic carbocycles. The highest BCUT2D eigenvalue weighted by Crippen LogP contribution is 2.65. The second kappa shape index (κ2) is 9.47. The number of nitrogens with zero attached hydrogens (tertiary/aromatic N) is 3. The lowest BCUT2D eigenvalue weighted by molar-refractivity contribution is -0.143. The minimum Gasteiger partial charge on any atom is -0.338 e. The van der Waals surface area contributed by atoms with Crippen LogP contribution < -0.4 is 15.6 Å². The number of fused-ring (bicyclic) bond motifs is 2. The molecular formula is C26H34N6O5S. The number of aromatic nitrogens is 2. The number of piperidine rings is 1. The van der Waals surface area contributed by atoms with Gasteiger partial charge in [0.1, 0.15) is 18.1 Å². The molecule has 4 rings (SSSR count). The van der Waals surface area contributed by atoms with Gasteiger partial charge in [-0.3, -0.25) is 19.4 Å². The summed E-state index contributed by atoms with van der Waals surface area (Å²) in [6, 6.07) is 2.54. The van der Waals surface area contributed by atoms with E-state index in [1.165, 1.54) is 11.1 Å². The summed E-state index contributed by atoms with van der Waals surface area (Å²) in [5.74, 6) is -1.00. The smallest absolute Gasteiger partial charge is 0.251 e. The van der Waals surface area contributed by atoms with Crippen molar-refractivity contribution in [2.75, 3.05) is 12.8 Å². The zero-order valence-corrected chi connectivity index (χ0v) is 23.2. The quantitative estimate of drug-likeness (QED) is 0.468. The number of pyridine rings is 2. The molecule has 1 saturated heterocycles. The van der Waals surface area contributed by atoms with E-state index in [4.69, 9.17) is 0 Å². The number of carbonyl (C=O) groups excluding carboxylic acids is 2. The number of rotatable bonds is 7. The summed E-state index contributed by atoms with van der Waals surface area (Å²) in [6.07, 6.45) is 4.11. The maximum Gasteiger partial charge on any atom is 0.251 e. The fraction of sp³-hybridized carbons (Fsp3) is 0.577. The summed E-state index contributed by atoms with van der Waals surface area (Å²) in [4.78, 5) is 48.0. The first-order chi connectivity index (χ1) is 17.5. The van der Waals surface area contributed by atoms with Crippen LogP contribution in [0.2, 0.25) is 0 Å². The van der Waals surface area contributed by atoms with E-state index in [1.54, 1.807) is 39.1 Å². The zero-order valence-electron chi connectivity index (χ0n) is 22.4. The van der Waals surface area contributed by atoms with Crippen molar-refractivity contribution >= 4 is 32.7 Å².